The number of amides is 1. The largest absolute Gasteiger partial charge is 0.496 e. The molecule has 3 aromatic carbocycles. The molecule has 1 N–H and O–H groups in total. The second kappa shape index (κ2) is 9.13. The summed E-state index contributed by atoms with van der Waals surface area (Å²) in [5.74, 6) is 0.940. The lowest BCUT2D eigenvalue weighted by atomic mass is 10.0. The number of nitro groups is 1. The SMILES string of the molecule is COc1ccc([N+](=O)[O-])cc1-c1ccc(/C=N\NC(=O)Cc2cccc3ccccc23)o1. The van der Waals surface area contributed by atoms with Crippen LogP contribution in [0.1, 0.15) is 11.3 Å². The van der Waals surface area contributed by atoms with Crippen LogP contribution >= 0.6 is 0 Å². The molecule has 0 aliphatic carbocycles. The number of nitrogens with zero attached hydrogens (tertiary/aromatic N) is 2. The van der Waals surface area contributed by atoms with Gasteiger partial charge in [0, 0.05) is 12.1 Å². The fourth-order valence-electron chi connectivity index (χ4n) is 3.40. The molecule has 1 amide bonds. The minimum absolute atomic E-state index is 0.0758. The van der Waals surface area contributed by atoms with Crippen molar-refractivity contribution in [3.05, 3.63) is 94.2 Å². The monoisotopic (exact) mass is 429 g/mol. The van der Waals surface area contributed by atoms with Crippen molar-refractivity contribution in [2.75, 3.05) is 7.11 Å². The Labute approximate surface area is 183 Å². The topological polar surface area (TPSA) is 107 Å². The van der Waals surface area contributed by atoms with E-state index >= 15 is 0 Å². The highest BCUT2D eigenvalue weighted by Gasteiger charge is 2.15. The average molecular weight is 429 g/mol. The van der Waals surface area contributed by atoms with Crippen LogP contribution in [0.3, 0.4) is 0 Å². The predicted octanol–water partition coefficient (Wildman–Crippen LogP) is 4.71. The summed E-state index contributed by atoms with van der Waals surface area (Å²) in [7, 11) is 1.47. The van der Waals surface area contributed by atoms with Gasteiger partial charge in [-0.05, 0) is 34.5 Å². The van der Waals surface area contributed by atoms with Crippen LogP contribution in [0.4, 0.5) is 5.69 Å². The van der Waals surface area contributed by atoms with E-state index in [2.05, 4.69) is 10.5 Å². The van der Waals surface area contributed by atoms with Crippen molar-refractivity contribution >= 4 is 28.6 Å². The van der Waals surface area contributed by atoms with E-state index in [0.717, 1.165) is 16.3 Å². The number of furan rings is 1. The molecule has 4 aromatic rings. The van der Waals surface area contributed by atoms with Crippen molar-refractivity contribution < 1.29 is 18.9 Å². The lowest BCUT2D eigenvalue weighted by molar-refractivity contribution is -0.384. The third-order valence-electron chi connectivity index (χ3n) is 4.90. The van der Waals surface area contributed by atoms with Crippen LogP contribution in [-0.2, 0) is 11.2 Å². The average Bonchev–Trinajstić information content (AvgIpc) is 3.27. The number of rotatable bonds is 7. The van der Waals surface area contributed by atoms with Crippen LogP contribution in [0, 0.1) is 10.1 Å². The summed E-state index contributed by atoms with van der Waals surface area (Å²) in [6.45, 7) is 0. The maximum atomic E-state index is 12.3. The number of nitro benzene ring substituents is 1. The number of nitrogens with one attached hydrogen (secondary N) is 1. The number of carbonyl (C=O) groups is 1. The molecule has 0 aliphatic heterocycles. The zero-order valence-electron chi connectivity index (χ0n) is 17.1. The Balaban J connectivity index is 1.45. The lowest BCUT2D eigenvalue weighted by Crippen LogP contribution is -2.19. The molecule has 1 heterocycles. The third kappa shape index (κ3) is 4.49. The van der Waals surface area contributed by atoms with E-state index in [0.29, 0.717) is 22.8 Å². The number of non-ortho nitro benzene ring substituents is 1. The molecule has 0 unspecified atom stereocenters. The predicted molar refractivity (Wildman–Crippen MR) is 121 cm³/mol. The van der Waals surface area contributed by atoms with E-state index in [1.54, 1.807) is 12.1 Å². The number of hydrazone groups is 1. The molecular formula is C24H19N3O5. The van der Waals surface area contributed by atoms with Crippen LogP contribution in [0.15, 0.2) is 82.3 Å². The Kier molecular flexibility index (Phi) is 5.94. The summed E-state index contributed by atoms with van der Waals surface area (Å²) in [6.07, 6.45) is 1.56. The molecule has 0 radical (unpaired) electrons. The van der Waals surface area contributed by atoms with Crippen LogP contribution in [0.2, 0.25) is 0 Å². The van der Waals surface area contributed by atoms with Crippen LogP contribution in [-0.4, -0.2) is 24.2 Å². The number of hydrogen-bond donors (Lipinski definition) is 1. The van der Waals surface area contributed by atoms with E-state index in [1.807, 2.05) is 42.5 Å². The second-order valence-corrected chi connectivity index (χ2v) is 6.95. The van der Waals surface area contributed by atoms with Gasteiger partial charge in [-0.15, -0.1) is 0 Å². The second-order valence-electron chi connectivity index (χ2n) is 6.95. The molecule has 0 saturated carbocycles. The van der Waals surface area contributed by atoms with Gasteiger partial charge in [-0.2, -0.15) is 5.10 Å². The van der Waals surface area contributed by atoms with Gasteiger partial charge in [0.2, 0.25) is 5.91 Å². The highest BCUT2D eigenvalue weighted by atomic mass is 16.6. The smallest absolute Gasteiger partial charge is 0.270 e. The first-order valence-corrected chi connectivity index (χ1v) is 9.76. The maximum Gasteiger partial charge on any atom is 0.270 e. The Morgan fingerprint density at radius 3 is 2.75 bits per heavy atom. The first-order chi connectivity index (χ1) is 15.5. The molecule has 8 nitrogen and oxygen atoms in total. The molecule has 0 aliphatic rings. The standard InChI is InChI=1S/C24H19N3O5/c1-31-22-11-9-18(27(29)30)14-21(22)23-12-10-19(32-23)15-25-26-24(28)13-17-7-4-6-16-5-2-3-8-20(16)17/h2-12,14-15H,13H2,1H3,(H,26,28)/b25-15-. The van der Waals surface area contributed by atoms with Crippen molar-refractivity contribution in [1.82, 2.24) is 5.43 Å². The van der Waals surface area contributed by atoms with Gasteiger partial charge in [0.1, 0.15) is 17.3 Å². The Morgan fingerprint density at radius 1 is 1.12 bits per heavy atom. The van der Waals surface area contributed by atoms with Crippen molar-refractivity contribution in [3.8, 4) is 17.1 Å². The summed E-state index contributed by atoms with van der Waals surface area (Å²) in [4.78, 5) is 22.9. The quantitative estimate of drug-likeness (QED) is 0.260. The number of ether oxygens (including phenoxy) is 1. The van der Waals surface area contributed by atoms with Gasteiger partial charge in [0.05, 0.1) is 30.2 Å². The van der Waals surface area contributed by atoms with Gasteiger partial charge in [-0.25, -0.2) is 5.43 Å². The zero-order chi connectivity index (χ0) is 22.5. The van der Waals surface area contributed by atoms with E-state index in [1.165, 1.54) is 31.5 Å². The molecule has 0 spiro atoms. The Hall–Kier alpha value is -4.46. The maximum absolute atomic E-state index is 12.3. The molecule has 0 atom stereocenters. The van der Waals surface area contributed by atoms with Crippen molar-refractivity contribution in [2.24, 2.45) is 5.10 Å². The molecule has 0 bridgehead atoms. The first-order valence-electron chi connectivity index (χ1n) is 9.76. The van der Waals surface area contributed by atoms with Crippen molar-refractivity contribution in [2.45, 2.75) is 6.42 Å². The molecule has 0 fully saturated rings. The minimum atomic E-state index is -0.486. The number of methoxy groups -OCH3 is 1. The van der Waals surface area contributed by atoms with Gasteiger partial charge in [0.15, 0.2) is 0 Å². The van der Waals surface area contributed by atoms with Gasteiger partial charge in [0.25, 0.3) is 5.69 Å². The molecule has 0 saturated heterocycles. The van der Waals surface area contributed by atoms with Gasteiger partial charge in [-0.3, -0.25) is 14.9 Å². The number of hydrogen-bond acceptors (Lipinski definition) is 6. The molecule has 8 heteroatoms. The number of carbonyl (C=O) groups excluding carboxylic acids is 1. The highest BCUT2D eigenvalue weighted by Crippen LogP contribution is 2.34. The van der Waals surface area contributed by atoms with E-state index in [-0.39, 0.29) is 18.0 Å². The summed E-state index contributed by atoms with van der Waals surface area (Å²) < 4.78 is 11.0. The van der Waals surface area contributed by atoms with Gasteiger partial charge in [-0.1, -0.05) is 42.5 Å². The van der Waals surface area contributed by atoms with Crippen LogP contribution in [0.5, 0.6) is 5.75 Å². The first kappa shape index (κ1) is 20.8. The molecule has 1 aromatic heterocycles. The normalized spacial score (nSPS) is 11.0. The molecule has 32 heavy (non-hydrogen) atoms. The van der Waals surface area contributed by atoms with Crippen molar-refractivity contribution in [1.29, 1.82) is 0 Å². The van der Waals surface area contributed by atoms with E-state index in [4.69, 9.17) is 9.15 Å². The fourth-order valence-corrected chi connectivity index (χ4v) is 3.40. The summed E-state index contributed by atoms with van der Waals surface area (Å²) in [5, 5.41) is 17.1. The highest BCUT2D eigenvalue weighted by molar-refractivity contribution is 5.90. The zero-order valence-corrected chi connectivity index (χ0v) is 17.1. The van der Waals surface area contributed by atoms with E-state index in [9.17, 15) is 14.9 Å². The van der Waals surface area contributed by atoms with Crippen molar-refractivity contribution in [3.63, 3.8) is 0 Å². The summed E-state index contributed by atoms with van der Waals surface area (Å²) >= 11 is 0. The summed E-state index contributed by atoms with van der Waals surface area (Å²) in [6, 6.07) is 21.3. The Bertz CT molecular complexity index is 1320. The molecular weight excluding hydrogens is 410 g/mol. The fraction of sp³-hybridized carbons (Fsp3) is 0.0833. The lowest BCUT2D eigenvalue weighted by Gasteiger charge is -2.05. The van der Waals surface area contributed by atoms with E-state index < -0.39 is 4.92 Å². The number of benzene rings is 3. The minimum Gasteiger partial charge on any atom is -0.496 e. The summed E-state index contributed by atoms with van der Waals surface area (Å²) in [5.41, 5.74) is 3.78. The molecule has 160 valence electrons. The van der Waals surface area contributed by atoms with Gasteiger partial charge >= 0.3 is 0 Å². The van der Waals surface area contributed by atoms with Crippen LogP contribution < -0.4 is 10.2 Å². The third-order valence-corrected chi connectivity index (χ3v) is 4.90. The van der Waals surface area contributed by atoms with Crippen LogP contribution in [0.25, 0.3) is 22.1 Å². The molecule has 4 rings (SSSR count). The Morgan fingerprint density at radius 2 is 1.94 bits per heavy atom. The number of fused-ring (bicyclic) bond motifs is 1. The van der Waals surface area contributed by atoms with Gasteiger partial charge < -0.3 is 9.15 Å².